The summed E-state index contributed by atoms with van der Waals surface area (Å²) in [7, 11) is 0. The first-order valence-electron chi connectivity index (χ1n) is 8.02. The van der Waals surface area contributed by atoms with E-state index >= 15 is 0 Å². The number of aryl methyl sites for hydroxylation is 2. The lowest BCUT2D eigenvalue weighted by atomic mass is 10.1. The number of nitrogens with one attached hydrogen (secondary N) is 1. The van der Waals surface area contributed by atoms with Gasteiger partial charge < -0.3 is 0 Å². The van der Waals surface area contributed by atoms with Crippen LogP contribution in [-0.2, 0) is 4.79 Å². The van der Waals surface area contributed by atoms with Gasteiger partial charge in [-0.2, -0.15) is 0 Å². The number of amides is 1. The molecular weight excluding hydrogens is 400 g/mol. The first kappa shape index (κ1) is 18.0. The molecule has 1 amide bonds. The number of carbonyl (C=O) groups excluding carboxylic acids is 1. The lowest BCUT2D eigenvalue weighted by Crippen LogP contribution is -2.14. The second-order valence-electron chi connectivity index (χ2n) is 5.59. The van der Waals surface area contributed by atoms with Crippen molar-refractivity contribution in [2.45, 2.75) is 18.9 Å². The Hall–Kier alpha value is -2.43. The van der Waals surface area contributed by atoms with Crippen LogP contribution in [0.2, 0.25) is 0 Å². The van der Waals surface area contributed by atoms with Crippen molar-refractivity contribution < 1.29 is 4.79 Å². The molecular formula is C17H14N6OS3. The maximum absolute atomic E-state index is 12.2. The number of nitrogens with zero attached hydrogens (tertiary/aromatic N) is 5. The van der Waals surface area contributed by atoms with Gasteiger partial charge in [0.15, 0.2) is 0 Å². The van der Waals surface area contributed by atoms with Crippen molar-refractivity contribution in [1.82, 2.24) is 25.4 Å². The monoisotopic (exact) mass is 414 g/mol. The molecule has 136 valence electrons. The van der Waals surface area contributed by atoms with E-state index in [4.69, 9.17) is 0 Å². The summed E-state index contributed by atoms with van der Waals surface area (Å²) in [6, 6.07) is 9.91. The van der Waals surface area contributed by atoms with E-state index in [0.29, 0.717) is 10.2 Å². The van der Waals surface area contributed by atoms with Crippen LogP contribution in [-0.4, -0.2) is 37.0 Å². The summed E-state index contributed by atoms with van der Waals surface area (Å²) in [6.07, 6.45) is 0. The minimum atomic E-state index is -0.162. The second kappa shape index (κ2) is 7.67. The summed E-state index contributed by atoms with van der Waals surface area (Å²) in [5, 5.41) is 22.2. The summed E-state index contributed by atoms with van der Waals surface area (Å²) in [4.78, 5) is 16.8. The summed E-state index contributed by atoms with van der Waals surface area (Å²) < 4.78 is 0.983. The fraction of sp³-hybridized carbons (Fsp3) is 0.176. The molecule has 7 nitrogen and oxygen atoms in total. The predicted molar refractivity (Wildman–Crippen MR) is 109 cm³/mol. The Morgan fingerprint density at radius 2 is 1.85 bits per heavy atom. The van der Waals surface area contributed by atoms with Crippen LogP contribution in [0.15, 0.2) is 35.4 Å². The maximum atomic E-state index is 12.2. The number of hydrogen-bond acceptors (Lipinski definition) is 9. The van der Waals surface area contributed by atoms with E-state index in [9.17, 15) is 4.79 Å². The Morgan fingerprint density at radius 1 is 1.04 bits per heavy atom. The standard InChI is InChI=1S/C17H14N6OS3/c1-9-18-14-15(26-9)13(11-6-4-3-5-7-11)21-22-16(14)25-8-12(24)19-17-23-20-10(2)27-17/h3-7H,8H2,1-2H3,(H,19,23,24). The third-order valence-corrected chi connectivity index (χ3v) is 6.24. The van der Waals surface area contributed by atoms with Crippen LogP contribution in [0, 0.1) is 13.8 Å². The van der Waals surface area contributed by atoms with Gasteiger partial charge in [0.1, 0.15) is 21.2 Å². The summed E-state index contributed by atoms with van der Waals surface area (Å²) in [6.45, 7) is 3.80. The molecule has 0 unspecified atom stereocenters. The number of thiazole rings is 1. The van der Waals surface area contributed by atoms with Crippen molar-refractivity contribution in [2.24, 2.45) is 0 Å². The molecule has 0 atom stereocenters. The van der Waals surface area contributed by atoms with Gasteiger partial charge in [0, 0.05) is 5.56 Å². The van der Waals surface area contributed by atoms with E-state index in [1.807, 2.05) is 44.2 Å². The third kappa shape index (κ3) is 3.97. The molecule has 0 radical (unpaired) electrons. The quantitative estimate of drug-likeness (QED) is 0.494. The Bertz CT molecular complexity index is 1110. The van der Waals surface area contributed by atoms with Crippen LogP contribution in [0.5, 0.6) is 0 Å². The number of carbonyl (C=O) groups is 1. The van der Waals surface area contributed by atoms with E-state index in [1.54, 1.807) is 11.3 Å². The molecule has 27 heavy (non-hydrogen) atoms. The third-order valence-electron chi connectivity index (χ3n) is 3.55. The number of benzene rings is 1. The van der Waals surface area contributed by atoms with Gasteiger partial charge in [-0.15, -0.1) is 31.7 Å². The molecule has 0 saturated heterocycles. The molecule has 0 aliphatic rings. The van der Waals surface area contributed by atoms with Crippen molar-refractivity contribution >= 4 is 55.7 Å². The van der Waals surface area contributed by atoms with Crippen molar-refractivity contribution in [2.75, 3.05) is 11.1 Å². The summed E-state index contributed by atoms with van der Waals surface area (Å²) in [5.41, 5.74) is 2.60. The van der Waals surface area contributed by atoms with E-state index in [1.165, 1.54) is 23.1 Å². The van der Waals surface area contributed by atoms with Gasteiger partial charge in [-0.3, -0.25) is 10.1 Å². The lowest BCUT2D eigenvalue weighted by Gasteiger charge is -2.05. The second-order valence-corrected chi connectivity index (χ2v) is 8.94. The Labute approximate surface area is 167 Å². The highest BCUT2D eigenvalue weighted by atomic mass is 32.2. The first-order valence-corrected chi connectivity index (χ1v) is 10.6. The largest absolute Gasteiger partial charge is 0.300 e. The van der Waals surface area contributed by atoms with E-state index in [-0.39, 0.29) is 11.7 Å². The molecule has 0 aliphatic carbocycles. The zero-order valence-electron chi connectivity index (χ0n) is 14.5. The summed E-state index contributed by atoms with van der Waals surface area (Å²) >= 11 is 4.24. The number of thioether (sulfide) groups is 1. The number of anilines is 1. The lowest BCUT2D eigenvalue weighted by molar-refractivity contribution is -0.113. The molecule has 10 heteroatoms. The molecule has 0 saturated carbocycles. The number of hydrogen-bond donors (Lipinski definition) is 1. The Kier molecular flexibility index (Phi) is 5.10. The molecule has 0 fully saturated rings. The minimum absolute atomic E-state index is 0.162. The van der Waals surface area contributed by atoms with Crippen LogP contribution in [0.1, 0.15) is 10.0 Å². The van der Waals surface area contributed by atoms with Gasteiger partial charge in [0.05, 0.1) is 15.5 Å². The fourth-order valence-corrected chi connectivity index (χ4v) is 4.76. The van der Waals surface area contributed by atoms with Crippen LogP contribution < -0.4 is 5.32 Å². The highest BCUT2D eigenvalue weighted by molar-refractivity contribution is 8.00. The molecule has 4 aromatic rings. The first-order chi connectivity index (χ1) is 13.1. The molecule has 1 N–H and O–H groups in total. The van der Waals surface area contributed by atoms with Gasteiger partial charge in [0.2, 0.25) is 11.0 Å². The molecule has 1 aromatic carbocycles. The van der Waals surface area contributed by atoms with E-state index in [0.717, 1.165) is 31.5 Å². The van der Waals surface area contributed by atoms with Crippen molar-refractivity contribution in [1.29, 1.82) is 0 Å². The van der Waals surface area contributed by atoms with Crippen LogP contribution >= 0.6 is 34.4 Å². The topological polar surface area (TPSA) is 93.6 Å². The van der Waals surface area contributed by atoms with Crippen LogP contribution in [0.25, 0.3) is 21.5 Å². The fourth-order valence-electron chi connectivity index (χ4n) is 2.44. The predicted octanol–water partition coefficient (Wildman–Crippen LogP) is 3.95. The van der Waals surface area contributed by atoms with Crippen LogP contribution in [0.4, 0.5) is 5.13 Å². The molecule has 0 spiro atoms. The average Bonchev–Trinajstić information content (AvgIpc) is 3.25. The molecule has 3 aromatic heterocycles. The van der Waals surface area contributed by atoms with E-state index in [2.05, 4.69) is 30.7 Å². The minimum Gasteiger partial charge on any atom is -0.300 e. The van der Waals surface area contributed by atoms with Crippen molar-refractivity contribution in [3.63, 3.8) is 0 Å². The zero-order chi connectivity index (χ0) is 18.8. The molecule has 0 aliphatic heterocycles. The Balaban J connectivity index is 1.57. The van der Waals surface area contributed by atoms with Gasteiger partial charge in [0.25, 0.3) is 0 Å². The average molecular weight is 415 g/mol. The molecule has 4 rings (SSSR count). The Morgan fingerprint density at radius 3 is 2.59 bits per heavy atom. The number of aromatic nitrogens is 5. The SMILES string of the molecule is Cc1nnc(NC(=O)CSc2nnc(-c3ccccc3)c3sc(C)nc23)s1. The van der Waals surface area contributed by atoms with Crippen LogP contribution in [0.3, 0.4) is 0 Å². The highest BCUT2D eigenvalue weighted by Gasteiger charge is 2.17. The van der Waals surface area contributed by atoms with Gasteiger partial charge in [-0.05, 0) is 13.8 Å². The maximum Gasteiger partial charge on any atom is 0.236 e. The van der Waals surface area contributed by atoms with Gasteiger partial charge >= 0.3 is 0 Å². The van der Waals surface area contributed by atoms with E-state index < -0.39 is 0 Å². The van der Waals surface area contributed by atoms with Gasteiger partial charge in [-0.25, -0.2) is 4.98 Å². The van der Waals surface area contributed by atoms with Crippen molar-refractivity contribution in [3.05, 3.63) is 40.3 Å². The van der Waals surface area contributed by atoms with Gasteiger partial charge in [-0.1, -0.05) is 53.4 Å². The normalized spacial score (nSPS) is 11.0. The van der Waals surface area contributed by atoms with Crippen molar-refractivity contribution in [3.8, 4) is 11.3 Å². The molecule has 3 heterocycles. The summed E-state index contributed by atoms with van der Waals surface area (Å²) in [5.74, 6) is 0.0362. The smallest absolute Gasteiger partial charge is 0.236 e. The number of rotatable bonds is 5. The highest BCUT2D eigenvalue weighted by Crippen LogP contribution is 2.35. The zero-order valence-corrected chi connectivity index (χ0v) is 16.9. The number of fused-ring (bicyclic) bond motifs is 1. The molecule has 0 bridgehead atoms.